The van der Waals surface area contributed by atoms with Gasteiger partial charge in [-0.2, -0.15) is 4.98 Å². The lowest BCUT2D eigenvalue weighted by Crippen LogP contribution is -2.52. The van der Waals surface area contributed by atoms with Gasteiger partial charge in [0.2, 0.25) is 18.2 Å². The lowest BCUT2D eigenvalue weighted by atomic mass is 9.99. The third kappa shape index (κ3) is 7.74. The van der Waals surface area contributed by atoms with Crippen LogP contribution < -0.4 is 20.9 Å². The molecule has 0 saturated heterocycles. The minimum Gasteiger partial charge on any atom is -0.444 e. The number of amides is 4. The fraction of sp³-hybridized carbons (Fsp3) is 0.387. The summed E-state index contributed by atoms with van der Waals surface area (Å²) in [6.45, 7) is 9.04. The van der Waals surface area contributed by atoms with E-state index in [0.29, 0.717) is 30.8 Å². The summed E-state index contributed by atoms with van der Waals surface area (Å²) in [4.78, 5) is 55.8. The van der Waals surface area contributed by atoms with Crippen LogP contribution in [0.15, 0.2) is 59.3 Å². The number of aryl methyl sites for hydroxylation is 1. The normalized spacial score (nSPS) is 15.3. The highest BCUT2D eigenvalue weighted by molar-refractivity contribution is 6.00. The smallest absolute Gasteiger partial charge is 0.408 e. The van der Waals surface area contributed by atoms with Crippen molar-refractivity contribution in [3.8, 4) is 11.3 Å². The highest BCUT2D eigenvalue weighted by Crippen LogP contribution is 2.30. The molecule has 4 amide bonds. The van der Waals surface area contributed by atoms with Gasteiger partial charge in [-0.25, -0.2) is 4.79 Å². The standard InChI is InChI=1S/C31H37N5O6/c1-30(2,3)42-29(40)35-31(4,5)16-25(38)34-23-15-14-21-8-6-7-9-24(21)36(28(23)39)17-20-10-12-22(13-11-20)26-27(32-18-37)33-19-41-26/h6-13,18-19,23H,14-17H2,1-5H3,(H,32,37)(H,34,38)(H,35,40)/t23-/m1/s1. The molecular weight excluding hydrogens is 538 g/mol. The Labute approximate surface area is 245 Å². The number of nitrogens with zero attached hydrogens (tertiary/aromatic N) is 2. The number of benzene rings is 2. The van der Waals surface area contributed by atoms with Crippen LogP contribution in [0.5, 0.6) is 0 Å². The van der Waals surface area contributed by atoms with Gasteiger partial charge in [-0.3, -0.25) is 14.4 Å². The molecule has 0 saturated carbocycles. The Balaban J connectivity index is 1.48. The second kappa shape index (κ2) is 12.5. The van der Waals surface area contributed by atoms with Crippen LogP contribution >= 0.6 is 0 Å². The summed E-state index contributed by atoms with van der Waals surface area (Å²) in [5.74, 6) is 0.175. The Kier molecular flexibility index (Phi) is 8.99. The molecule has 0 spiro atoms. The van der Waals surface area contributed by atoms with Crippen molar-refractivity contribution in [3.05, 3.63) is 66.1 Å². The zero-order chi connectivity index (χ0) is 30.5. The number of carbonyl (C=O) groups excluding carboxylic acids is 4. The van der Waals surface area contributed by atoms with Crippen molar-refractivity contribution in [1.29, 1.82) is 0 Å². The van der Waals surface area contributed by atoms with Crippen LogP contribution in [-0.2, 0) is 32.1 Å². The summed E-state index contributed by atoms with van der Waals surface area (Å²) in [6, 6.07) is 14.4. The molecule has 3 N–H and O–H groups in total. The third-order valence-corrected chi connectivity index (χ3v) is 6.65. The molecule has 1 aromatic heterocycles. The van der Waals surface area contributed by atoms with Gasteiger partial charge in [-0.05, 0) is 64.7 Å². The average molecular weight is 576 g/mol. The summed E-state index contributed by atoms with van der Waals surface area (Å²) in [5, 5.41) is 8.15. The molecule has 4 rings (SSSR count). The van der Waals surface area contributed by atoms with E-state index in [-0.39, 0.29) is 24.8 Å². The minimum absolute atomic E-state index is 0.0347. The van der Waals surface area contributed by atoms with Crippen molar-refractivity contribution in [3.63, 3.8) is 0 Å². The number of carbonyl (C=O) groups is 4. The fourth-order valence-corrected chi connectivity index (χ4v) is 4.84. The molecule has 11 heteroatoms. The maximum absolute atomic E-state index is 13.9. The number of oxazole rings is 1. The molecule has 2 heterocycles. The van der Waals surface area contributed by atoms with Gasteiger partial charge in [0, 0.05) is 23.2 Å². The molecule has 1 aliphatic heterocycles. The third-order valence-electron chi connectivity index (χ3n) is 6.65. The second-order valence-electron chi connectivity index (χ2n) is 11.9. The van der Waals surface area contributed by atoms with Gasteiger partial charge in [0.05, 0.1) is 6.54 Å². The Morgan fingerprint density at radius 3 is 2.50 bits per heavy atom. The van der Waals surface area contributed by atoms with Crippen LogP contribution in [0.25, 0.3) is 11.3 Å². The zero-order valence-corrected chi connectivity index (χ0v) is 24.5. The molecule has 3 aromatic rings. The quantitative estimate of drug-likeness (QED) is 0.317. The highest BCUT2D eigenvalue weighted by atomic mass is 16.6. The van der Waals surface area contributed by atoms with Gasteiger partial charge in [-0.1, -0.05) is 42.5 Å². The first-order valence-corrected chi connectivity index (χ1v) is 13.8. The molecule has 0 aliphatic carbocycles. The van der Waals surface area contributed by atoms with Gasteiger partial charge in [0.15, 0.2) is 18.0 Å². The molecule has 0 radical (unpaired) electrons. The molecule has 11 nitrogen and oxygen atoms in total. The Bertz CT molecular complexity index is 1440. The van der Waals surface area contributed by atoms with Crippen molar-refractivity contribution in [2.75, 3.05) is 10.2 Å². The largest absolute Gasteiger partial charge is 0.444 e. The molecule has 42 heavy (non-hydrogen) atoms. The second-order valence-corrected chi connectivity index (χ2v) is 11.9. The SMILES string of the molecule is CC(C)(CC(=O)N[C@@H]1CCc2ccccc2N(Cc2ccc(-c3ocnc3NC=O)cc2)C1=O)NC(=O)OC(C)(C)C. The fourth-order valence-electron chi connectivity index (χ4n) is 4.84. The number of nitrogens with one attached hydrogen (secondary N) is 3. The van der Waals surface area contributed by atoms with E-state index < -0.39 is 23.3 Å². The van der Waals surface area contributed by atoms with Crippen molar-refractivity contribution >= 4 is 35.8 Å². The number of ether oxygens (including phenoxy) is 1. The van der Waals surface area contributed by atoms with Crippen LogP contribution in [0.1, 0.15) is 58.6 Å². The number of rotatable bonds is 9. The summed E-state index contributed by atoms with van der Waals surface area (Å²) < 4.78 is 10.8. The van der Waals surface area contributed by atoms with Crippen molar-refractivity contribution in [2.45, 2.75) is 77.6 Å². The monoisotopic (exact) mass is 575 g/mol. The lowest BCUT2D eigenvalue weighted by Gasteiger charge is -2.29. The minimum atomic E-state index is -0.894. The maximum Gasteiger partial charge on any atom is 0.408 e. The first kappa shape index (κ1) is 30.3. The van der Waals surface area contributed by atoms with Gasteiger partial charge >= 0.3 is 6.09 Å². The number of anilines is 2. The van der Waals surface area contributed by atoms with Crippen LogP contribution in [0.2, 0.25) is 0 Å². The summed E-state index contributed by atoms with van der Waals surface area (Å²) in [7, 11) is 0. The molecule has 1 atom stereocenters. The van der Waals surface area contributed by atoms with E-state index in [4.69, 9.17) is 9.15 Å². The van der Waals surface area contributed by atoms with Crippen LogP contribution in [0, 0.1) is 0 Å². The summed E-state index contributed by atoms with van der Waals surface area (Å²) in [5.41, 5.74) is 1.83. The Morgan fingerprint density at radius 2 is 1.81 bits per heavy atom. The van der Waals surface area contributed by atoms with Gasteiger partial charge < -0.3 is 30.0 Å². The van der Waals surface area contributed by atoms with Crippen LogP contribution in [-0.4, -0.2) is 46.5 Å². The predicted octanol–water partition coefficient (Wildman–Crippen LogP) is 4.57. The Morgan fingerprint density at radius 1 is 1.10 bits per heavy atom. The van der Waals surface area contributed by atoms with E-state index in [0.717, 1.165) is 22.4 Å². The molecule has 1 aliphatic rings. The van der Waals surface area contributed by atoms with Crippen LogP contribution in [0.4, 0.5) is 16.3 Å². The van der Waals surface area contributed by atoms with E-state index in [1.165, 1.54) is 6.39 Å². The van der Waals surface area contributed by atoms with E-state index >= 15 is 0 Å². The number of hydrogen-bond donors (Lipinski definition) is 3. The van der Waals surface area contributed by atoms with E-state index in [2.05, 4.69) is 20.9 Å². The average Bonchev–Trinajstić information content (AvgIpc) is 3.32. The number of hydrogen-bond acceptors (Lipinski definition) is 7. The highest BCUT2D eigenvalue weighted by Gasteiger charge is 2.33. The van der Waals surface area contributed by atoms with Gasteiger partial charge in [0.25, 0.3) is 0 Å². The van der Waals surface area contributed by atoms with E-state index in [1.54, 1.807) is 39.5 Å². The molecule has 2 aromatic carbocycles. The summed E-state index contributed by atoms with van der Waals surface area (Å²) >= 11 is 0. The zero-order valence-electron chi connectivity index (χ0n) is 24.5. The first-order chi connectivity index (χ1) is 19.8. The van der Waals surface area contributed by atoms with Gasteiger partial charge in [0.1, 0.15) is 11.6 Å². The predicted molar refractivity (Wildman–Crippen MR) is 158 cm³/mol. The van der Waals surface area contributed by atoms with Crippen LogP contribution in [0.3, 0.4) is 0 Å². The van der Waals surface area contributed by atoms with Crippen molar-refractivity contribution < 1.29 is 28.3 Å². The molecule has 0 fully saturated rings. The number of fused-ring (bicyclic) bond motifs is 1. The van der Waals surface area contributed by atoms with Crippen molar-refractivity contribution in [1.82, 2.24) is 15.6 Å². The number of alkyl carbamates (subject to hydrolysis) is 1. The van der Waals surface area contributed by atoms with Gasteiger partial charge in [-0.15, -0.1) is 0 Å². The number of para-hydroxylation sites is 1. The Hall–Kier alpha value is -4.67. The molecule has 0 unspecified atom stereocenters. The maximum atomic E-state index is 13.9. The molecule has 0 bridgehead atoms. The lowest BCUT2D eigenvalue weighted by molar-refractivity contribution is -0.128. The summed E-state index contributed by atoms with van der Waals surface area (Å²) in [6.07, 6.45) is 2.19. The molecule has 222 valence electrons. The van der Waals surface area contributed by atoms with E-state index in [1.807, 2.05) is 48.5 Å². The van der Waals surface area contributed by atoms with E-state index in [9.17, 15) is 19.2 Å². The van der Waals surface area contributed by atoms with Crippen molar-refractivity contribution in [2.24, 2.45) is 0 Å². The molecular formula is C31H37N5O6. The topological polar surface area (TPSA) is 143 Å². The first-order valence-electron chi connectivity index (χ1n) is 13.8. The number of aromatic nitrogens is 1.